The molecule has 1 rings (SSSR count). The molecular weight excluding hydrogens is 246 g/mol. The third-order valence-electron chi connectivity index (χ3n) is 3.59. The Balaban J connectivity index is 2.44. The minimum absolute atomic E-state index is 0.116. The van der Waals surface area contributed by atoms with E-state index in [4.69, 9.17) is 0 Å². The summed E-state index contributed by atoms with van der Waals surface area (Å²) in [6, 6.07) is 9.91. The minimum atomic E-state index is 0.116. The second-order valence-electron chi connectivity index (χ2n) is 5.75. The maximum absolute atomic E-state index is 11.8. The Morgan fingerprint density at radius 3 is 2.40 bits per heavy atom. The molecule has 0 spiro atoms. The number of carbonyl (C=O) groups excluding carboxylic acids is 1. The third-order valence-corrected chi connectivity index (χ3v) is 3.59. The van der Waals surface area contributed by atoms with Gasteiger partial charge >= 0.3 is 0 Å². The Bertz CT molecular complexity index is 424. The van der Waals surface area contributed by atoms with Crippen LogP contribution in [0.15, 0.2) is 42.5 Å². The van der Waals surface area contributed by atoms with Crippen LogP contribution in [0.3, 0.4) is 0 Å². The number of allylic oxidation sites excluding steroid dienone is 1. The number of anilines is 1. The molecule has 0 aromatic heterocycles. The van der Waals surface area contributed by atoms with E-state index in [0.717, 1.165) is 25.1 Å². The van der Waals surface area contributed by atoms with E-state index >= 15 is 0 Å². The van der Waals surface area contributed by atoms with Crippen molar-refractivity contribution in [1.82, 2.24) is 0 Å². The first-order valence-electron chi connectivity index (χ1n) is 7.48. The molecule has 0 saturated carbocycles. The van der Waals surface area contributed by atoms with Crippen molar-refractivity contribution < 1.29 is 4.79 Å². The van der Waals surface area contributed by atoms with Crippen molar-refractivity contribution in [1.29, 1.82) is 0 Å². The van der Waals surface area contributed by atoms with Crippen LogP contribution in [-0.2, 0) is 4.79 Å². The number of rotatable bonds is 8. The summed E-state index contributed by atoms with van der Waals surface area (Å²) in [5.41, 5.74) is 2.25. The normalized spacial score (nSPS) is 11.9. The minimum Gasteiger partial charge on any atom is -0.313 e. The molecule has 20 heavy (non-hydrogen) atoms. The van der Waals surface area contributed by atoms with Crippen LogP contribution in [0.2, 0.25) is 0 Å². The highest BCUT2D eigenvalue weighted by Crippen LogP contribution is 2.18. The largest absolute Gasteiger partial charge is 0.313 e. The smallest absolute Gasteiger partial charge is 0.223 e. The van der Waals surface area contributed by atoms with Crippen LogP contribution < -0.4 is 4.90 Å². The van der Waals surface area contributed by atoms with Crippen molar-refractivity contribution >= 4 is 11.6 Å². The number of hydrogen-bond donors (Lipinski definition) is 0. The Morgan fingerprint density at radius 2 is 1.85 bits per heavy atom. The summed E-state index contributed by atoms with van der Waals surface area (Å²) in [4.78, 5) is 13.6. The standard InChI is InChI=1S/C18H27NO/c1-15(2)9-8-10-16(3)13-14-19(17(4)20)18-11-6-5-7-12-18/h5-7,11-12,16H,1,8-10,13-14H2,2-4H3/t16-/m1/s1. The van der Waals surface area contributed by atoms with E-state index in [1.807, 2.05) is 35.2 Å². The molecule has 0 saturated heterocycles. The SMILES string of the molecule is C=C(C)CCC[C@@H](C)CCN(C(C)=O)c1ccccc1. The average molecular weight is 273 g/mol. The topological polar surface area (TPSA) is 20.3 Å². The lowest BCUT2D eigenvalue weighted by molar-refractivity contribution is -0.116. The van der Waals surface area contributed by atoms with Gasteiger partial charge in [-0.2, -0.15) is 0 Å². The van der Waals surface area contributed by atoms with Crippen LogP contribution >= 0.6 is 0 Å². The maximum atomic E-state index is 11.8. The summed E-state index contributed by atoms with van der Waals surface area (Å²) < 4.78 is 0. The molecule has 1 atom stereocenters. The average Bonchev–Trinajstić information content (AvgIpc) is 2.39. The molecule has 110 valence electrons. The Hall–Kier alpha value is -1.57. The molecule has 0 unspecified atom stereocenters. The summed E-state index contributed by atoms with van der Waals surface area (Å²) >= 11 is 0. The van der Waals surface area contributed by atoms with Crippen molar-refractivity contribution in [3.63, 3.8) is 0 Å². The first kappa shape index (κ1) is 16.5. The van der Waals surface area contributed by atoms with Crippen LogP contribution in [-0.4, -0.2) is 12.5 Å². The maximum Gasteiger partial charge on any atom is 0.223 e. The van der Waals surface area contributed by atoms with Gasteiger partial charge in [-0.05, 0) is 44.2 Å². The van der Waals surface area contributed by atoms with Gasteiger partial charge in [0.15, 0.2) is 0 Å². The summed E-state index contributed by atoms with van der Waals surface area (Å²) in [6.45, 7) is 10.7. The van der Waals surface area contributed by atoms with Gasteiger partial charge in [0.05, 0.1) is 0 Å². The number of carbonyl (C=O) groups is 1. The molecule has 0 bridgehead atoms. The van der Waals surface area contributed by atoms with Crippen LogP contribution in [0, 0.1) is 5.92 Å². The fourth-order valence-electron chi connectivity index (χ4n) is 2.32. The van der Waals surface area contributed by atoms with Gasteiger partial charge in [-0.3, -0.25) is 4.79 Å². The molecule has 2 nitrogen and oxygen atoms in total. The highest BCUT2D eigenvalue weighted by Gasteiger charge is 2.12. The zero-order valence-corrected chi connectivity index (χ0v) is 13.1. The van der Waals surface area contributed by atoms with Crippen LogP contribution in [0.25, 0.3) is 0 Å². The Labute approximate surface area is 123 Å². The van der Waals surface area contributed by atoms with Crippen LogP contribution in [0.1, 0.15) is 46.5 Å². The molecule has 1 amide bonds. The van der Waals surface area contributed by atoms with Gasteiger partial charge in [0.25, 0.3) is 0 Å². The molecular formula is C18H27NO. The quantitative estimate of drug-likeness (QED) is 0.622. The fourth-order valence-corrected chi connectivity index (χ4v) is 2.32. The summed E-state index contributed by atoms with van der Waals surface area (Å²) in [7, 11) is 0. The molecule has 0 radical (unpaired) electrons. The second-order valence-corrected chi connectivity index (χ2v) is 5.75. The van der Waals surface area contributed by atoms with Crippen molar-refractivity contribution in [2.75, 3.05) is 11.4 Å². The van der Waals surface area contributed by atoms with Crippen molar-refractivity contribution in [2.45, 2.75) is 46.5 Å². The predicted octanol–water partition coefficient (Wildman–Crippen LogP) is 4.81. The molecule has 0 fully saturated rings. The molecule has 0 heterocycles. The molecule has 0 N–H and O–H groups in total. The van der Waals surface area contributed by atoms with Gasteiger partial charge in [0.2, 0.25) is 5.91 Å². The number of para-hydroxylation sites is 1. The van der Waals surface area contributed by atoms with Crippen LogP contribution in [0.4, 0.5) is 5.69 Å². The highest BCUT2D eigenvalue weighted by atomic mass is 16.2. The lowest BCUT2D eigenvalue weighted by atomic mass is 9.99. The highest BCUT2D eigenvalue weighted by molar-refractivity contribution is 5.91. The van der Waals surface area contributed by atoms with Gasteiger partial charge in [-0.25, -0.2) is 0 Å². The van der Waals surface area contributed by atoms with E-state index in [0.29, 0.717) is 5.92 Å². The number of amides is 1. The molecule has 1 aromatic carbocycles. The van der Waals surface area contributed by atoms with Crippen LogP contribution in [0.5, 0.6) is 0 Å². The Morgan fingerprint density at radius 1 is 1.20 bits per heavy atom. The van der Waals surface area contributed by atoms with Crippen molar-refractivity contribution in [3.05, 3.63) is 42.5 Å². The van der Waals surface area contributed by atoms with E-state index in [1.54, 1.807) is 6.92 Å². The lowest BCUT2D eigenvalue weighted by Crippen LogP contribution is -2.30. The number of benzene rings is 1. The Kier molecular flexibility index (Phi) is 7.06. The van der Waals surface area contributed by atoms with Gasteiger partial charge in [-0.1, -0.05) is 37.1 Å². The van der Waals surface area contributed by atoms with E-state index in [2.05, 4.69) is 20.4 Å². The summed E-state index contributed by atoms with van der Waals surface area (Å²) in [6.07, 6.45) is 4.55. The predicted molar refractivity (Wildman–Crippen MR) is 86.9 cm³/mol. The van der Waals surface area contributed by atoms with Gasteiger partial charge in [-0.15, -0.1) is 6.58 Å². The first-order valence-corrected chi connectivity index (χ1v) is 7.48. The van der Waals surface area contributed by atoms with E-state index < -0.39 is 0 Å². The monoisotopic (exact) mass is 273 g/mol. The van der Waals surface area contributed by atoms with E-state index in [9.17, 15) is 4.79 Å². The third kappa shape index (κ3) is 6.05. The van der Waals surface area contributed by atoms with Gasteiger partial charge < -0.3 is 4.90 Å². The molecule has 1 aromatic rings. The number of hydrogen-bond acceptors (Lipinski definition) is 1. The van der Waals surface area contributed by atoms with Gasteiger partial charge in [0, 0.05) is 19.2 Å². The lowest BCUT2D eigenvalue weighted by Gasteiger charge is -2.23. The van der Waals surface area contributed by atoms with E-state index in [-0.39, 0.29) is 5.91 Å². The molecule has 0 aliphatic heterocycles. The second kappa shape index (κ2) is 8.57. The van der Waals surface area contributed by atoms with E-state index in [1.165, 1.54) is 18.4 Å². The molecule has 2 heteroatoms. The molecule has 0 aliphatic carbocycles. The fraction of sp³-hybridized carbons (Fsp3) is 0.500. The molecule has 0 aliphatic rings. The zero-order valence-electron chi connectivity index (χ0n) is 13.1. The first-order chi connectivity index (χ1) is 9.50. The van der Waals surface area contributed by atoms with Gasteiger partial charge in [0.1, 0.15) is 0 Å². The number of nitrogens with zero attached hydrogens (tertiary/aromatic N) is 1. The van der Waals surface area contributed by atoms with Crippen molar-refractivity contribution in [2.24, 2.45) is 5.92 Å². The summed E-state index contributed by atoms with van der Waals surface area (Å²) in [5, 5.41) is 0. The summed E-state index contributed by atoms with van der Waals surface area (Å²) in [5.74, 6) is 0.755. The zero-order chi connectivity index (χ0) is 15.0. The van der Waals surface area contributed by atoms with Crippen molar-refractivity contribution in [3.8, 4) is 0 Å².